The molecule has 1 aliphatic rings. The van der Waals surface area contributed by atoms with Crippen LogP contribution in [0.1, 0.15) is 13.3 Å². The highest BCUT2D eigenvalue weighted by molar-refractivity contribution is 5.86. The van der Waals surface area contributed by atoms with Crippen LogP contribution >= 0.6 is 0 Å². The highest BCUT2D eigenvalue weighted by atomic mass is 16.5. The fourth-order valence-corrected chi connectivity index (χ4v) is 2.86. The molecule has 2 unspecified atom stereocenters. The van der Waals surface area contributed by atoms with E-state index < -0.39 is 0 Å². The molecule has 0 N–H and O–H groups in total. The molecule has 0 radical (unpaired) electrons. The van der Waals surface area contributed by atoms with E-state index in [0.717, 1.165) is 23.7 Å². The highest BCUT2D eigenvalue weighted by Gasteiger charge is 2.34. The molecule has 1 aliphatic heterocycles. The van der Waals surface area contributed by atoms with Gasteiger partial charge in [0.05, 0.1) is 6.04 Å². The molecule has 1 fully saturated rings. The number of benzene rings is 1. The fourth-order valence-electron chi connectivity index (χ4n) is 2.86. The SMILES string of the molecule is CC(=O)C1CC(Oc2nccc3ccccc23)CN1C. The molecular weight excluding hydrogens is 252 g/mol. The van der Waals surface area contributed by atoms with Gasteiger partial charge in [-0.05, 0) is 31.5 Å². The van der Waals surface area contributed by atoms with Crippen molar-refractivity contribution in [2.75, 3.05) is 13.6 Å². The van der Waals surface area contributed by atoms with E-state index in [4.69, 9.17) is 4.74 Å². The van der Waals surface area contributed by atoms with Crippen LogP contribution in [0.15, 0.2) is 36.5 Å². The first-order valence-corrected chi connectivity index (χ1v) is 6.86. The average molecular weight is 270 g/mol. The molecule has 0 amide bonds. The number of aromatic nitrogens is 1. The lowest BCUT2D eigenvalue weighted by Gasteiger charge is -2.14. The number of ether oxygens (including phenoxy) is 1. The van der Waals surface area contributed by atoms with Crippen LogP contribution in [-0.4, -0.2) is 41.4 Å². The van der Waals surface area contributed by atoms with Crippen LogP contribution in [0.4, 0.5) is 0 Å². The minimum atomic E-state index is -0.0324. The summed E-state index contributed by atoms with van der Waals surface area (Å²) < 4.78 is 6.03. The van der Waals surface area contributed by atoms with Gasteiger partial charge in [0.25, 0.3) is 0 Å². The van der Waals surface area contributed by atoms with Crippen molar-refractivity contribution in [3.8, 4) is 5.88 Å². The van der Waals surface area contributed by atoms with Crippen LogP contribution in [-0.2, 0) is 4.79 Å². The second-order valence-corrected chi connectivity index (χ2v) is 5.38. The Hall–Kier alpha value is -1.94. The van der Waals surface area contributed by atoms with Gasteiger partial charge in [0.15, 0.2) is 0 Å². The molecule has 2 aromatic rings. The Balaban J connectivity index is 1.82. The largest absolute Gasteiger partial charge is 0.472 e. The van der Waals surface area contributed by atoms with E-state index in [2.05, 4.69) is 9.88 Å². The summed E-state index contributed by atoms with van der Waals surface area (Å²) in [6.07, 6.45) is 2.52. The molecule has 2 atom stereocenters. The first-order chi connectivity index (χ1) is 9.65. The lowest BCUT2D eigenvalue weighted by Crippen LogP contribution is -2.31. The Morgan fingerprint density at radius 2 is 2.15 bits per heavy atom. The molecule has 1 aromatic heterocycles. The van der Waals surface area contributed by atoms with Crippen molar-refractivity contribution >= 4 is 16.6 Å². The average Bonchev–Trinajstić information content (AvgIpc) is 2.80. The Labute approximate surface area is 118 Å². The summed E-state index contributed by atoms with van der Waals surface area (Å²) in [6.45, 7) is 2.40. The van der Waals surface area contributed by atoms with E-state index >= 15 is 0 Å². The van der Waals surface area contributed by atoms with Gasteiger partial charge in [-0.2, -0.15) is 0 Å². The van der Waals surface area contributed by atoms with Crippen LogP contribution in [0.3, 0.4) is 0 Å². The number of hydrogen-bond acceptors (Lipinski definition) is 4. The van der Waals surface area contributed by atoms with Crippen molar-refractivity contribution in [3.63, 3.8) is 0 Å². The van der Waals surface area contributed by atoms with Crippen LogP contribution < -0.4 is 4.74 Å². The molecule has 1 saturated heterocycles. The number of ketones is 1. The first kappa shape index (κ1) is 13.1. The molecule has 0 bridgehead atoms. The molecule has 104 valence electrons. The zero-order valence-corrected chi connectivity index (χ0v) is 11.7. The number of nitrogens with zero attached hydrogens (tertiary/aromatic N) is 2. The molecule has 2 heterocycles. The normalized spacial score (nSPS) is 23.1. The third kappa shape index (κ3) is 2.39. The van der Waals surface area contributed by atoms with E-state index in [1.807, 2.05) is 37.4 Å². The topological polar surface area (TPSA) is 42.4 Å². The number of fused-ring (bicyclic) bond motifs is 1. The van der Waals surface area contributed by atoms with E-state index in [-0.39, 0.29) is 17.9 Å². The molecule has 0 spiro atoms. The van der Waals surface area contributed by atoms with Crippen molar-refractivity contribution in [1.82, 2.24) is 9.88 Å². The molecule has 20 heavy (non-hydrogen) atoms. The van der Waals surface area contributed by atoms with Crippen LogP contribution in [0.25, 0.3) is 10.8 Å². The summed E-state index contributed by atoms with van der Waals surface area (Å²) in [5.41, 5.74) is 0. The second-order valence-electron chi connectivity index (χ2n) is 5.38. The molecule has 1 aromatic carbocycles. The van der Waals surface area contributed by atoms with Crippen molar-refractivity contribution < 1.29 is 9.53 Å². The summed E-state index contributed by atoms with van der Waals surface area (Å²) >= 11 is 0. The summed E-state index contributed by atoms with van der Waals surface area (Å²) in [5.74, 6) is 0.857. The Morgan fingerprint density at radius 3 is 2.90 bits per heavy atom. The third-order valence-corrected chi connectivity index (χ3v) is 3.89. The number of hydrogen-bond donors (Lipinski definition) is 0. The van der Waals surface area contributed by atoms with Gasteiger partial charge in [-0.3, -0.25) is 9.69 Å². The van der Waals surface area contributed by atoms with E-state index in [9.17, 15) is 4.79 Å². The van der Waals surface area contributed by atoms with Crippen molar-refractivity contribution in [3.05, 3.63) is 36.5 Å². The molecule has 0 saturated carbocycles. The van der Waals surface area contributed by atoms with E-state index in [0.29, 0.717) is 5.88 Å². The van der Waals surface area contributed by atoms with Gasteiger partial charge in [-0.25, -0.2) is 4.98 Å². The minimum absolute atomic E-state index is 0.0206. The second kappa shape index (κ2) is 5.21. The van der Waals surface area contributed by atoms with E-state index in [1.165, 1.54) is 0 Å². The minimum Gasteiger partial charge on any atom is -0.472 e. The number of likely N-dealkylation sites (N-methyl/N-ethyl adjacent to an activating group) is 1. The zero-order valence-electron chi connectivity index (χ0n) is 11.7. The fraction of sp³-hybridized carbons (Fsp3) is 0.375. The monoisotopic (exact) mass is 270 g/mol. The number of likely N-dealkylation sites (tertiary alicyclic amines) is 1. The number of pyridine rings is 1. The first-order valence-electron chi connectivity index (χ1n) is 6.86. The summed E-state index contributed by atoms with van der Waals surface area (Å²) in [5, 5.41) is 2.14. The van der Waals surface area contributed by atoms with Crippen LogP contribution in [0, 0.1) is 0 Å². The summed E-state index contributed by atoms with van der Waals surface area (Å²) in [6, 6.07) is 9.98. The molecule has 4 nitrogen and oxygen atoms in total. The van der Waals surface area contributed by atoms with Gasteiger partial charge in [0.1, 0.15) is 11.9 Å². The summed E-state index contributed by atoms with van der Waals surface area (Å²) in [7, 11) is 1.96. The van der Waals surface area contributed by atoms with Gasteiger partial charge < -0.3 is 4.74 Å². The number of carbonyl (C=O) groups is 1. The van der Waals surface area contributed by atoms with Crippen LogP contribution in [0.2, 0.25) is 0 Å². The maximum absolute atomic E-state index is 11.6. The highest BCUT2D eigenvalue weighted by Crippen LogP contribution is 2.26. The molecular formula is C16H18N2O2. The van der Waals surface area contributed by atoms with Crippen molar-refractivity contribution in [2.24, 2.45) is 0 Å². The Kier molecular flexibility index (Phi) is 3.40. The van der Waals surface area contributed by atoms with Gasteiger partial charge >= 0.3 is 0 Å². The lowest BCUT2D eigenvalue weighted by molar-refractivity contribution is -0.120. The standard InChI is InChI=1S/C16H18N2O2/c1-11(19)15-9-13(10-18(15)2)20-16-14-6-4-3-5-12(14)7-8-17-16/h3-8,13,15H,9-10H2,1-2H3. The quantitative estimate of drug-likeness (QED) is 0.858. The van der Waals surface area contributed by atoms with Gasteiger partial charge in [-0.1, -0.05) is 18.2 Å². The molecule has 0 aliphatic carbocycles. The summed E-state index contributed by atoms with van der Waals surface area (Å²) in [4.78, 5) is 17.9. The smallest absolute Gasteiger partial charge is 0.221 e. The van der Waals surface area contributed by atoms with Crippen molar-refractivity contribution in [1.29, 1.82) is 0 Å². The predicted octanol–water partition coefficient (Wildman–Crippen LogP) is 2.28. The number of Topliss-reactive ketones (excluding diaryl/α,β-unsaturated/α-hetero) is 1. The number of rotatable bonds is 3. The van der Waals surface area contributed by atoms with Crippen LogP contribution in [0.5, 0.6) is 5.88 Å². The lowest BCUT2D eigenvalue weighted by atomic mass is 10.1. The third-order valence-electron chi connectivity index (χ3n) is 3.89. The van der Waals surface area contributed by atoms with Gasteiger partial charge in [0, 0.05) is 24.5 Å². The molecule has 4 heteroatoms. The van der Waals surface area contributed by atoms with Crippen molar-refractivity contribution in [2.45, 2.75) is 25.5 Å². The van der Waals surface area contributed by atoms with Gasteiger partial charge in [-0.15, -0.1) is 0 Å². The Bertz CT molecular complexity index is 636. The maximum atomic E-state index is 11.6. The maximum Gasteiger partial charge on any atom is 0.221 e. The Morgan fingerprint density at radius 1 is 1.35 bits per heavy atom. The van der Waals surface area contributed by atoms with Gasteiger partial charge in [0.2, 0.25) is 5.88 Å². The number of carbonyl (C=O) groups excluding carboxylic acids is 1. The van der Waals surface area contributed by atoms with E-state index in [1.54, 1.807) is 13.1 Å². The molecule has 3 rings (SSSR count). The zero-order chi connectivity index (χ0) is 14.1. The predicted molar refractivity (Wildman–Crippen MR) is 77.9 cm³/mol.